The van der Waals surface area contributed by atoms with E-state index in [4.69, 9.17) is 27.9 Å². The number of carbonyl (C=O) groups excluding carboxylic acids is 1. The van der Waals surface area contributed by atoms with Crippen LogP contribution in [0.4, 0.5) is 0 Å². The van der Waals surface area contributed by atoms with Crippen LogP contribution in [0.15, 0.2) is 17.7 Å². The zero-order valence-electron chi connectivity index (χ0n) is 16.4. The molecule has 0 bridgehead atoms. The van der Waals surface area contributed by atoms with Crippen molar-refractivity contribution in [3.05, 3.63) is 55.6 Å². The van der Waals surface area contributed by atoms with E-state index < -0.39 is 11.9 Å². The van der Waals surface area contributed by atoms with Crippen LogP contribution in [-0.2, 0) is 6.42 Å². The summed E-state index contributed by atoms with van der Waals surface area (Å²) < 4.78 is 5.42. The standard InChI is InChI=1S/C21H21Cl2NO5/c1-8(2)5-6-10-11(25)7-12(26)14-13(10)18(24-21(14)28)15-19(27)16(22)9(3)17(23)20(15)29-4/h5,7,18,25-27H,6H2,1-4H3,(H,24,28). The molecule has 0 aromatic heterocycles. The molecule has 1 aliphatic rings. The van der Waals surface area contributed by atoms with Gasteiger partial charge in [-0.05, 0) is 32.8 Å². The van der Waals surface area contributed by atoms with Gasteiger partial charge in [0.2, 0.25) is 0 Å². The van der Waals surface area contributed by atoms with Crippen LogP contribution >= 0.6 is 23.2 Å². The lowest BCUT2D eigenvalue weighted by Crippen LogP contribution is -2.21. The van der Waals surface area contributed by atoms with Gasteiger partial charge in [0.1, 0.15) is 23.0 Å². The van der Waals surface area contributed by atoms with Crippen LogP contribution in [0.2, 0.25) is 10.0 Å². The lowest BCUT2D eigenvalue weighted by Gasteiger charge is -2.22. The number of methoxy groups -OCH3 is 1. The van der Waals surface area contributed by atoms with Crippen LogP contribution in [0.1, 0.15) is 52.5 Å². The number of ether oxygens (including phenoxy) is 1. The minimum atomic E-state index is -0.929. The minimum Gasteiger partial charge on any atom is -0.508 e. The molecule has 1 heterocycles. The van der Waals surface area contributed by atoms with Crippen molar-refractivity contribution in [3.63, 3.8) is 0 Å². The molecule has 29 heavy (non-hydrogen) atoms. The van der Waals surface area contributed by atoms with Crippen LogP contribution < -0.4 is 10.1 Å². The molecule has 0 aliphatic carbocycles. The largest absolute Gasteiger partial charge is 0.508 e. The van der Waals surface area contributed by atoms with Gasteiger partial charge in [0.15, 0.2) is 0 Å². The molecular formula is C21H21Cl2NO5. The number of phenolic OH excluding ortho intramolecular Hbond substituents is 3. The van der Waals surface area contributed by atoms with Crippen molar-refractivity contribution >= 4 is 29.1 Å². The number of allylic oxidation sites excluding steroid dienone is 2. The SMILES string of the molecule is COc1c(Cl)c(C)c(Cl)c(O)c1C1NC(=O)c2c(O)cc(O)c(CC=C(C)C)c21. The first-order chi connectivity index (χ1) is 13.6. The Morgan fingerprint density at radius 1 is 1.17 bits per heavy atom. The summed E-state index contributed by atoms with van der Waals surface area (Å²) in [6, 6.07) is 0.211. The van der Waals surface area contributed by atoms with Gasteiger partial charge in [-0.3, -0.25) is 4.79 Å². The molecule has 6 nitrogen and oxygen atoms in total. The van der Waals surface area contributed by atoms with Crippen LogP contribution in [0, 0.1) is 6.92 Å². The van der Waals surface area contributed by atoms with Gasteiger partial charge in [0.05, 0.1) is 34.3 Å². The smallest absolute Gasteiger partial charge is 0.256 e. The molecular weight excluding hydrogens is 417 g/mol. The zero-order chi connectivity index (χ0) is 21.6. The van der Waals surface area contributed by atoms with E-state index in [-0.39, 0.29) is 44.2 Å². The second-order valence-corrected chi connectivity index (χ2v) is 7.88. The zero-order valence-corrected chi connectivity index (χ0v) is 17.9. The molecule has 154 valence electrons. The Kier molecular flexibility index (Phi) is 5.61. The van der Waals surface area contributed by atoms with Crippen molar-refractivity contribution in [1.82, 2.24) is 5.32 Å². The fraction of sp³-hybridized carbons (Fsp3) is 0.286. The molecule has 0 saturated carbocycles. The number of benzene rings is 2. The Labute approximate surface area is 178 Å². The van der Waals surface area contributed by atoms with Crippen molar-refractivity contribution < 1.29 is 24.9 Å². The quantitative estimate of drug-likeness (QED) is 0.516. The maximum atomic E-state index is 12.7. The number of nitrogens with one attached hydrogen (secondary N) is 1. The van der Waals surface area contributed by atoms with Crippen molar-refractivity contribution in [2.24, 2.45) is 0 Å². The van der Waals surface area contributed by atoms with Gasteiger partial charge in [-0.15, -0.1) is 0 Å². The molecule has 0 saturated heterocycles. The highest BCUT2D eigenvalue weighted by molar-refractivity contribution is 6.38. The molecule has 2 aromatic rings. The molecule has 0 fully saturated rings. The normalized spacial score (nSPS) is 15.1. The van der Waals surface area contributed by atoms with Gasteiger partial charge in [0.25, 0.3) is 5.91 Å². The van der Waals surface area contributed by atoms with Gasteiger partial charge in [-0.25, -0.2) is 0 Å². The third kappa shape index (κ3) is 3.36. The number of phenols is 3. The Balaban J connectivity index is 2.37. The van der Waals surface area contributed by atoms with Crippen LogP contribution in [0.25, 0.3) is 0 Å². The van der Waals surface area contributed by atoms with Gasteiger partial charge in [-0.1, -0.05) is 34.9 Å². The van der Waals surface area contributed by atoms with Gasteiger partial charge < -0.3 is 25.4 Å². The molecule has 1 atom stereocenters. The number of halogens is 2. The Morgan fingerprint density at radius 3 is 2.41 bits per heavy atom. The van der Waals surface area contributed by atoms with Crippen LogP contribution in [0.5, 0.6) is 23.0 Å². The van der Waals surface area contributed by atoms with Gasteiger partial charge >= 0.3 is 0 Å². The van der Waals surface area contributed by atoms with Crippen molar-refractivity contribution in [2.45, 2.75) is 33.2 Å². The molecule has 0 radical (unpaired) electrons. The topological polar surface area (TPSA) is 99.0 Å². The number of rotatable bonds is 4. The molecule has 8 heteroatoms. The maximum absolute atomic E-state index is 12.7. The number of hydrogen-bond acceptors (Lipinski definition) is 5. The summed E-state index contributed by atoms with van der Waals surface area (Å²) in [5.41, 5.74) is 2.41. The van der Waals surface area contributed by atoms with Gasteiger partial charge in [-0.2, -0.15) is 0 Å². The Morgan fingerprint density at radius 2 is 1.83 bits per heavy atom. The summed E-state index contributed by atoms with van der Waals surface area (Å²) in [6.07, 6.45) is 2.21. The number of fused-ring (bicyclic) bond motifs is 1. The maximum Gasteiger partial charge on any atom is 0.256 e. The summed E-state index contributed by atoms with van der Waals surface area (Å²) in [4.78, 5) is 12.7. The first-order valence-electron chi connectivity index (χ1n) is 8.86. The fourth-order valence-corrected chi connectivity index (χ4v) is 4.06. The van der Waals surface area contributed by atoms with Gasteiger partial charge in [0, 0.05) is 17.2 Å². The van der Waals surface area contributed by atoms with E-state index in [0.29, 0.717) is 23.1 Å². The highest BCUT2D eigenvalue weighted by Crippen LogP contribution is 2.51. The van der Waals surface area contributed by atoms with E-state index in [1.807, 2.05) is 19.9 Å². The summed E-state index contributed by atoms with van der Waals surface area (Å²) in [6.45, 7) is 5.45. The summed E-state index contributed by atoms with van der Waals surface area (Å²) in [5, 5.41) is 34.5. The highest BCUT2D eigenvalue weighted by atomic mass is 35.5. The molecule has 1 aliphatic heterocycles. The van der Waals surface area contributed by atoms with Crippen molar-refractivity contribution in [3.8, 4) is 23.0 Å². The highest BCUT2D eigenvalue weighted by Gasteiger charge is 2.40. The first-order valence-corrected chi connectivity index (χ1v) is 9.62. The van der Waals surface area contributed by atoms with E-state index in [0.717, 1.165) is 11.6 Å². The third-order valence-corrected chi connectivity index (χ3v) is 5.91. The van der Waals surface area contributed by atoms with Crippen molar-refractivity contribution in [2.75, 3.05) is 7.11 Å². The predicted octanol–water partition coefficient (Wildman–Crippen LogP) is 4.77. The summed E-state index contributed by atoms with van der Waals surface area (Å²) >= 11 is 12.6. The van der Waals surface area contributed by atoms with E-state index in [2.05, 4.69) is 5.32 Å². The lowest BCUT2D eigenvalue weighted by atomic mass is 9.89. The average molecular weight is 438 g/mol. The molecule has 2 aromatic carbocycles. The van der Waals surface area contributed by atoms with Crippen molar-refractivity contribution in [1.29, 1.82) is 0 Å². The Bertz CT molecular complexity index is 1060. The van der Waals surface area contributed by atoms with E-state index in [1.165, 1.54) is 7.11 Å². The predicted molar refractivity (Wildman–Crippen MR) is 112 cm³/mol. The minimum absolute atomic E-state index is 0.0271. The Hall–Kier alpha value is -2.57. The number of carbonyl (C=O) groups is 1. The molecule has 3 rings (SSSR count). The second-order valence-electron chi connectivity index (χ2n) is 7.12. The molecule has 4 N–H and O–H groups in total. The van der Waals surface area contributed by atoms with E-state index in [1.54, 1.807) is 6.92 Å². The monoisotopic (exact) mass is 437 g/mol. The number of hydrogen-bond donors (Lipinski definition) is 4. The third-order valence-electron chi connectivity index (χ3n) is 5.00. The number of amides is 1. The first kappa shape index (κ1) is 21.1. The number of aromatic hydroxyl groups is 3. The lowest BCUT2D eigenvalue weighted by molar-refractivity contribution is 0.0958. The summed E-state index contributed by atoms with van der Waals surface area (Å²) in [7, 11) is 1.39. The van der Waals surface area contributed by atoms with Crippen LogP contribution in [0.3, 0.4) is 0 Å². The molecule has 1 unspecified atom stereocenters. The fourth-order valence-electron chi connectivity index (χ4n) is 3.54. The van der Waals surface area contributed by atoms with E-state index in [9.17, 15) is 20.1 Å². The second kappa shape index (κ2) is 7.69. The van der Waals surface area contributed by atoms with E-state index >= 15 is 0 Å². The summed E-state index contributed by atoms with van der Waals surface area (Å²) in [5.74, 6) is -1.21. The molecule has 0 spiro atoms. The molecule has 1 amide bonds. The van der Waals surface area contributed by atoms with Crippen LogP contribution in [-0.4, -0.2) is 28.3 Å². The average Bonchev–Trinajstić information content (AvgIpc) is 2.99.